The van der Waals surface area contributed by atoms with Gasteiger partial charge in [-0.25, -0.2) is 4.79 Å². The fourth-order valence-corrected chi connectivity index (χ4v) is 3.15. The van der Waals surface area contributed by atoms with Crippen LogP contribution in [0.4, 0.5) is 4.79 Å². The lowest BCUT2D eigenvalue weighted by atomic mass is 10.0. The van der Waals surface area contributed by atoms with E-state index in [1.54, 1.807) is 19.5 Å². The van der Waals surface area contributed by atoms with Gasteiger partial charge in [0.25, 0.3) is 0 Å². The van der Waals surface area contributed by atoms with Crippen LogP contribution in [0.15, 0.2) is 42.7 Å². The minimum absolute atomic E-state index is 0.113. The number of aromatic nitrogens is 1. The van der Waals surface area contributed by atoms with E-state index in [1.807, 2.05) is 51.1 Å². The van der Waals surface area contributed by atoms with E-state index in [0.717, 1.165) is 29.7 Å². The highest BCUT2D eigenvalue weighted by molar-refractivity contribution is 5.66. The molecule has 0 spiro atoms. The molecule has 28 heavy (non-hydrogen) atoms. The molecule has 1 amide bonds. The molecule has 0 saturated heterocycles. The Labute approximate surface area is 166 Å². The first-order valence-electron chi connectivity index (χ1n) is 9.45. The Hall–Kier alpha value is -2.76. The molecule has 1 fully saturated rings. The molecule has 1 aliphatic rings. The van der Waals surface area contributed by atoms with Crippen molar-refractivity contribution in [3.8, 4) is 22.6 Å². The minimum Gasteiger partial charge on any atom is -0.497 e. The Morgan fingerprint density at radius 1 is 1.18 bits per heavy atom. The number of rotatable bonds is 7. The van der Waals surface area contributed by atoms with Gasteiger partial charge in [0, 0.05) is 29.3 Å². The van der Waals surface area contributed by atoms with Crippen molar-refractivity contribution < 1.29 is 19.4 Å². The number of carboxylic acid groups (broad SMARTS) is 1. The molecule has 6 nitrogen and oxygen atoms in total. The number of amides is 1. The van der Waals surface area contributed by atoms with Crippen molar-refractivity contribution in [3.63, 3.8) is 0 Å². The molecule has 6 heteroatoms. The van der Waals surface area contributed by atoms with Crippen LogP contribution in [0.2, 0.25) is 0 Å². The summed E-state index contributed by atoms with van der Waals surface area (Å²) in [6.45, 7) is 6.71. The predicted octanol–water partition coefficient (Wildman–Crippen LogP) is 4.69. The van der Waals surface area contributed by atoms with Crippen molar-refractivity contribution in [1.29, 1.82) is 0 Å². The van der Waals surface area contributed by atoms with E-state index in [0.29, 0.717) is 18.9 Å². The Morgan fingerprint density at radius 3 is 2.50 bits per heavy atom. The summed E-state index contributed by atoms with van der Waals surface area (Å²) in [6.07, 6.45) is 4.53. The van der Waals surface area contributed by atoms with Crippen LogP contribution in [0.1, 0.15) is 33.6 Å². The van der Waals surface area contributed by atoms with Crippen molar-refractivity contribution >= 4 is 6.09 Å². The maximum atomic E-state index is 11.6. The van der Waals surface area contributed by atoms with E-state index < -0.39 is 11.6 Å². The average Bonchev–Trinajstić information content (AvgIpc) is 3.44. The number of hydrogen-bond donors (Lipinski definition) is 1. The van der Waals surface area contributed by atoms with Gasteiger partial charge in [-0.1, -0.05) is 12.1 Å². The number of hydrogen-bond acceptors (Lipinski definition) is 4. The Morgan fingerprint density at radius 2 is 1.89 bits per heavy atom. The second-order valence-electron chi connectivity index (χ2n) is 8.47. The third-order valence-electron chi connectivity index (χ3n) is 5.15. The van der Waals surface area contributed by atoms with Gasteiger partial charge in [-0.15, -0.1) is 0 Å². The number of benzene rings is 1. The average molecular weight is 384 g/mol. The number of methoxy groups -OCH3 is 1. The second-order valence-corrected chi connectivity index (χ2v) is 8.47. The molecule has 0 aliphatic heterocycles. The Balaban J connectivity index is 1.69. The normalized spacial score (nSPS) is 15.0. The van der Waals surface area contributed by atoms with Gasteiger partial charge in [-0.2, -0.15) is 0 Å². The summed E-state index contributed by atoms with van der Waals surface area (Å²) in [6, 6.07) is 9.75. The summed E-state index contributed by atoms with van der Waals surface area (Å²) in [5.74, 6) is 1.47. The van der Waals surface area contributed by atoms with Crippen molar-refractivity contribution in [2.75, 3.05) is 20.3 Å². The van der Waals surface area contributed by atoms with Gasteiger partial charge >= 0.3 is 6.09 Å². The monoisotopic (exact) mass is 384 g/mol. The van der Waals surface area contributed by atoms with Crippen molar-refractivity contribution in [2.45, 2.75) is 39.2 Å². The molecule has 1 saturated carbocycles. The van der Waals surface area contributed by atoms with Gasteiger partial charge in [-0.3, -0.25) is 4.98 Å². The predicted molar refractivity (Wildman–Crippen MR) is 108 cm³/mol. The minimum atomic E-state index is -0.888. The first-order valence-corrected chi connectivity index (χ1v) is 9.45. The van der Waals surface area contributed by atoms with E-state index in [2.05, 4.69) is 4.98 Å². The van der Waals surface area contributed by atoms with E-state index in [9.17, 15) is 9.90 Å². The molecule has 0 atom stereocenters. The van der Waals surface area contributed by atoms with Crippen LogP contribution in [-0.2, 0) is 0 Å². The lowest BCUT2D eigenvalue weighted by molar-refractivity contribution is 0.0746. The standard InChI is InChI=1S/C22H28N2O4/c1-21(2,3)24(20(25)26)14-22(8-9-22)15-28-19-11-17(12-23-13-19)16-6-5-7-18(10-16)27-4/h5-7,10-13H,8-9,14-15H2,1-4H3,(H,25,26). The molecular formula is C22H28N2O4. The second kappa shape index (κ2) is 7.70. The molecule has 1 heterocycles. The largest absolute Gasteiger partial charge is 0.497 e. The highest BCUT2D eigenvalue weighted by atomic mass is 16.5. The maximum absolute atomic E-state index is 11.6. The van der Waals surface area contributed by atoms with Crippen LogP contribution in [-0.4, -0.2) is 46.9 Å². The highest BCUT2D eigenvalue weighted by Gasteiger charge is 2.47. The van der Waals surface area contributed by atoms with Crippen LogP contribution in [0, 0.1) is 5.41 Å². The lowest BCUT2D eigenvalue weighted by Crippen LogP contribution is -2.48. The van der Waals surface area contributed by atoms with Crippen LogP contribution in [0.25, 0.3) is 11.1 Å². The summed E-state index contributed by atoms with van der Waals surface area (Å²) >= 11 is 0. The summed E-state index contributed by atoms with van der Waals surface area (Å²) < 4.78 is 11.3. The summed E-state index contributed by atoms with van der Waals surface area (Å²) in [4.78, 5) is 17.4. The molecule has 3 rings (SSSR count). The van der Waals surface area contributed by atoms with Gasteiger partial charge in [-0.05, 0) is 57.4 Å². The van der Waals surface area contributed by atoms with Gasteiger partial charge in [0.05, 0.1) is 19.9 Å². The van der Waals surface area contributed by atoms with E-state index in [-0.39, 0.29) is 5.41 Å². The van der Waals surface area contributed by atoms with Gasteiger partial charge in [0.15, 0.2) is 0 Å². The first-order chi connectivity index (χ1) is 13.2. The smallest absolute Gasteiger partial charge is 0.407 e. The SMILES string of the molecule is COc1cccc(-c2cncc(OCC3(CN(C(=O)O)C(C)(C)C)CC3)c2)c1. The quantitative estimate of drug-likeness (QED) is 0.749. The van der Waals surface area contributed by atoms with E-state index in [4.69, 9.17) is 9.47 Å². The summed E-state index contributed by atoms with van der Waals surface area (Å²) in [5.41, 5.74) is 1.40. The van der Waals surface area contributed by atoms with Crippen LogP contribution in [0.5, 0.6) is 11.5 Å². The molecule has 1 N–H and O–H groups in total. The van der Waals surface area contributed by atoms with Crippen molar-refractivity contribution in [3.05, 3.63) is 42.7 Å². The van der Waals surface area contributed by atoms with Gasteiger partial charge in [0.1, 0.15) is 11.5 Å². The first kappa shape index (κ1) is 20.0. The molecule has 2 aromatic rings. The zero-order valence-corrected chi connectivity index (χ0v) is 16.9. The number of carbonyl (C=O) groups is 1. The highest BCUT2D eigenvalue weighted by Crippen LogP contribution is 2.47. The zero-order valence-electron chi connectivity index (χ0n) is 16.9. The summed E-state index contributed by atoms with van der Waals surface area (Å²) in [5, 5.41) is 9.56. The third-order valence-corrected chi connectivity index (χ3v) is 5.15. The Kier molecular flexibility index (Phi) is 5.49. The van der Waals surface area contributed by atoms with E-state index >= 15 is 0 Å². The molecule has 0 bridgehead atoms. The lowest BCUT2D eigenvalue weighted by Gasteiger charge is -2.36. The van der Waals surface area contributed by atoms with Crippen LogP contribution >= 0.6 is 0 Å². The molecule has 1 aromatic carbocycles. The number of ether oxygens (including phenoxy) is 2. The fourth-order valence-electron chi connectivity index (χ4n) is 3.15. The zero-order chi connectivity index (χ0) is 20.4. The van der Waals surface area contributed by atoms with Crippen molar-refractivity contribution in [1.82, 2.24) is 9.88 Å². The van der Waals surface area contributed by atoms with Gasteiger partial charge in [0.2, 0.25) is 0 Å². The molecule has 1 aromatic heterocycles. The van der Waals surface area contributed by atoms with Crippen LogP contribution in [0.3, 0.4) is 0 Å². The maximum Gasteiger partial charge on any atom is 0.407 e. The van der Waals surface area contributed by atoms with Crippen LogP contribution < -0.4 is 9.47 Å². The topological polar surface area (TPSA) is 71.9 Å². The number of nitrogens with zero attached hydrogens (tertiary/aromatic N) is 2. The van der Waals surface area contributed by atoms with Crippen molar-refractivity contribution in [2.24, 2.45) is 5.41 Å². The third kappa shape index (κ3) is 4.74. The molecule has 1 aliphatic carbocycles. The number of pyridine rings is 1. The molecular weight excluding hydrogens is 356 g/mol. The van der Waals surface area contributed by atoms with Gasteiger partial charge < -0.3 is 19.5 Å². The summed E-state index contributed by atoms with van der Waals surface area (Å²) in [7, 11) is 1.64. The molecule has 150 valence electrons. The molecule has 0 unspecified atom stereocenters. The Bertz CT molecular complexity index is 840. The van der Waals surface area contributed by atoms with E-state index in [1.165, 1.54) is 4.90 Å². The fraction of sp³-hybridized carbons (Fsp3) is 0.455. The molecule has 0 radical (unpaired) electrons.